The topological polar surface area (TPSA) is 70.4 Å². The van der Waals surface area contributed by atoms with Gasteiger partial charge in [0.2, 0.25) is 5.91 Å². The largest absolute Gasteiger partial charge is 0.396 e. The lowest BCUT2D eigenvalue weighted by Gasteiger charge is -2.34. The summed E-state index contributed by atoms with van der Waals surface area (Å²) in [5.74, 6) is 2.04. The number of carbonyl (C=O) groups is 1. The molecule has 1 aliphatic rings. The van der Waals surface area contributed by atoms with Crippen LogP contribution in [0.5, 0.6) is 0 Å². The lowest BCUT2D eigenvalue weighted by Crippen LogP contribution is -2.46. The Morgan fingerprint density at radius 1 is 1.42 bits per heavy atom. The van der Waals surface area contributed by atoms with Crippen LogP contribution in [0.2, 0.25) is 0 Å². The second-order valence-corrected chi connectivity index (χ2v) is 7.47. The number of thioether (sulfide) groups is 1. The highest BCUT2D eigenvalue weighted by Crippen LogP contribution is 2.20. The summed E-state index contributed by atoms with van der Waals surface area (Å²) in [7, 11) is 0. The molecule has 0 saturated carbocycles. The molecular weight excluding hydrogens is 355 g/mol. The monoisotopic (exact) mass is 378 g/mol. The minimum absolute atomic E-state index is 0.122. The van der Waals surface area contributed by atoms with Crippen LogP contribution in [0.1, 0.15) is 12.1 Å². The van der Waals surface area contributed by atoms with E-state index in [-0.39, 0.29) is 30.9 Å². The third-order valence-electron chi connectivity index (χ3n) is 4.33. The zero-order valence-corrected chi connectivity index (χ0v) is 15.5. The summed E-state index contributed by atoms with van der Waals surface area (Å²) in [4.78, 5) is 14.7. The van der Waals surface area contributed by atoms with Gasteiger partial charge in [0.15, 0.2) is 0 Å². The van der Waals surface area contributed by atoms with Crippen LogP contribution in [-0.2, 0) is 4.79 Å². The highest BCUT2D eigenvalue weighted by Gasteiger charge is 2.24. The molecular formula is C18H23FN4O2S. The Morgan fingerprint density at radius 3 is 2.92 bits per heavy atom. The molecule has 0 unspecified atom stereocenters. The van der Waals surface area contributed by atoms with Crippen molar-refractivity contribution in [3.63, 3.8) is 0 Å². The molecule has 0 bridgehead atoms. The van der Waals surface area contributed by atoms with E-state index in [4.69, 9.17) is 0 Å². The SMILES string of the molecule is Cc1cc(NC(=O)CN2CCSC[C@H]2CCO)n(-c2ccc(F)cc2)n1. The van der Waals surface area contributed by atoms with E-state index in [9.17, 15) is 14.3 Å². The molecule has 140 valence electrons. The quantitative estimate of drug-likeness (QED) is 0.805. The fourth-order valence-electron chi connectivity index (χ4n) is 3.05. The molecule has 1 fully saturated rings. The number of halogens is 1. The van der Waals surface area contributed by atoms with Crippen LogP contribution >= 0.6 is 11.8 Å². The van der Waals surface area contributed by atoms with E-state index in [1.807, 2.05) is 18.7 Å². The lowest BCUT2D eigenvalue weighted by molar-refractivity contribution is -0.117. The van der Waals surface area contributed by atoms with Crippen LogP contribution in [0.15, 0.2) is 30.3 Å². The van der Waals surface area contributed by atoms with E-state index >= 15 is 0 Å². The fraction of sp³-hybridized carbons (Fsp3) is 0.444. The Bertz CT molecular complexity index is 748. The van der Waals surface area contributed by atoms with Gasteiger partial charge in [-0.25, -0.2) is 9.07 Å². The van der Waals surface area contributed by atoms with Gasteiger partial charge in [-0.1, -0.05) is 0 Å². The summed E-state index contributed by atoms with van der Waals surface area (Å²) < 4.78 is 14.8. The zero-order chi connectivity index (χ0) is 18.5. The third kappa shape index (κ3) is 4.63. The summed E-state index contributed by atoms with van der Waals surface area (Å²) in [6, 6.07) is 7.98. The number of hydrogen-bond donors (Lipinski definition) is 2. The van der Waals surface area contributed by atoms with E-state index in [2.05, 4.69) is 15.3 Å². The number of benzene rings is 1. The molecule has 2 heterocycles. The first-order valence-electron chi connectivity index (χ1n) is 8.62. The second kappa shape index (κ2) is 8.66. The molecule has 2 N–H and O–H groups in total. The van der Waals surface area contributed by atoms with Gasteiger partial charge in [0.25, 0.3) is 0 Å². The summed E-state index contributed by atoms with van der Waals surface area (Å²) >= 11 is 1.85. The molecule has 2 aromatic rings. The van der Waals surface area contributed by atoms with Crippen LogP contribution in [0.4, 0.5) is 10.2 Å². The highest BCUT2D eigenvalue weighted by molar-refractivity contribution is 7.99. The van der Waals surface area contributed by atoms with Gasteiger partial charge in [0.1, 0.15) is 11.6 Å². The maximum atomic E-state index is 13.2. The van der Waals surface area contributed by atoms with Crippen LogP contribution < -0.4 is 5.32 Å². The van der Waals surface area contributed by atoms with E-state index in [1.54, 1.807) is 22.9 Å². The molecule has 0 spiro atoms. The van der Waals surface area contributed by atoms with Gasteiger partial charge in [0.05, 0.1) is 17.9 Å². The predicted octanol–water partition coefficient (Wildman–Crippen LogP) is 2.06. The molecule has 0 radical (unpaired) electrons. The number of nitrogens with one attached hydrogen (secondary N) is 1. The number of hydrogen-bond acceptors (Lipinski definition) is 5. The fourth-order valence-corrected chi connectivity index (χ4v) is 4.23. The Hall–Kier alpha value is -1.90. The average Bonchev–Trinajstić information content (AvgIpc) is 2.97. The van der Waals surface area contributed by atoms with Gasteiger partial charge in [0, 0.05) is 36.8 Å². The smallest absolute Gasteiger partial charge is 0.239 e. The number of carbonyl (C=O) groups excluding carboxylic acids is 1. The van der Waals surface area contributed by atoms with Gasteiger partial charge < -0.3 is 10.4 Å². The van der Waals surface area contributed by atoms with Gasteiger partial charge in [-0.15, -0.1) is 0 Å². The first kappa shape index (κ1) is 18.9. The molecule has 3 rings (SSSR count). The van der Waals surface area contributed by atoms with Crippen LogP contribution in [0.25, 0.3) is 5.69 Å². The van der Waals surface area contributed by atoms with Crippen LogP contribution in [-0.4, -0.2) is 62.9 Å². The van der Waals surface area contributed by atoms with E-state index in [0.29, 0.717) is 17.9 Å². The van der Waals surface area contributed by atoms with Crippen LogP contribution in [0, 0.1) is 12.7 Å². The second-order valence-electron chi connectivity index (χ2n) is 6.32. The van der Waals surface area contributed by atoms with E-state index in [0.717, 1.165) is 23.7 Å². The molecule has 1 aromatic heterocycles. The van der Waals surface area contributed by atoms with Gasteiger partial charge in [-0.2, -0.15) is 16.9 Å². The normalized spacial score (nSPS) is 18.0. The minimum Gasteiger partial charge on any atom is -0.396 e. The Labute approximate surface area is 156 Å². The summed E-state index contributed by atoms with van der Waals surface area (Å²) in [5.41, 5.74) is 1.44. The molecule has 6 nitrogen and oxygen atoms in total. The lowest BCUT2D eigenvalue weighted by atomic mass is 10.2. The zero-order valence-electron chi connectivity index (χ0n) is 14.7. The van der Waals surface area contributed by atoms with Crippen molar-refractivity contribution >= 4 is 23.5 Å². The Kier molecular flexibility index (Phi) is 6.29. The number of nitrogens with zero attached hydrogens (tertiary/aromatic N) is 3. The van der Waals surface area contributed by atoms with E-state index in [1.165, 1.54) is 12.1 Å². The Morgan fingerprint density at radius 2 is 2.19 bits per heavy atom. The summed E-state index contributed by atoms with van der Waals surface area (Å²) in [5, 5.41) is 16.5. The highest BCUT2D eigenvalue weighted by atomic mass is 32.2. The molecule has 1 aromatic carbocycles. The predicted molar refractivity (Wildman–Crippen MR) is 101 cm³/mol. The summed E-state index contributed by atoms with van der Waals surface area (Å²) in [6.07, 6.45) is 0.674. The van der Waals surface area contributed by atoms with Crippen molar-refractivity contribution in [2.45, 2.75) is 19.4 Å². The minimum atomic E-state index is -0.318. The maximum Gasteiger partial charge on any atom is 0.239 e. The van der Waals surface area contributed by atoms with E-state index < -0.39 is 0 Å². The van der Waals surface area contributed by atoms with Crippen LogP contribution in [0.3, 0.4) is 0 Å². The maximum absolute atomic E-state index is 13.2. The van der Waals surface area contributed by atoms with Gasteiger partial charge in [-0.3, -0.25) is 9.69 Å². The molecule has 1 amide bonds. The number of aromatic nitrogens is 2. The van der Waals surface area contributed by atoms with Crippen molar-refractivity contribution in [2.24, 2.45) is 0 Å². The van der Waals surface area contributed by atoms with Crippen molar-refractivity contribution in [1.82, 2.24) is 14.7 Å². The van der Waals surface area contributed by atoms with Crippen molar-refractivity contribution in [2.75, 3.05) is 36.5 Å². The van der Waals surface area contributed by atoms with Gasteiger partial charge >= 0.3 is 0 Å². The molecule has 1 aliphatic heterocycles. The first-order chi connectivity index (χ1) is 12.6. The van der Waals surface area contributed by atoms with Gasteiger partial charge in [-0.05, 0) is 37.6 Å². The number of amides is 1. The van der Waals surface area contributed by atoms with Crippen molar-refractivity contribution in [3.05, 3.63) is 41.8 Å². The van der Waals surface area contributed by atoms with Crippen molar-refractivity contribution < 1.29 is 14.3 Å². The molecule has 8 heteroatoms. The molecule has 1 atom stereocenters. The standard InChI is InChI=1S/C18H23FN4O2S/c1-13-10-17(23(21-13)15-4-2-14(19)3-5-15)20-18(25)11-22-7-9-26-12-16(22)6-8-24/h2-5,10,16,24H,6-9,11-12H2,1H3,(H,20,25)/t16-/m1/s1. The summed E-state index contributed by atoms with van der Waals surface area (Å²) in [6.45, 7) is 3.08. The van der Waals surface area contributed by atoms with Crippen molar-refractivity contribution in [3.8, 4) is 5.69 Å². The number of anilines is 1. The number of aliphatic hydroxyl groups is 1. The number of rotatable bonds is 6. The Balaban J connectivity index is 1.70. The average molecular weight is 378 g/mol. The van der Waals surface area contributed by atoms with Crippen molar-refractivity contribution in [1.29, 1.82) is 0 Å². The number of aliphatic hydroxyl groups excluding tert-OH is 1. The molecule has 26 heavy (non-hydrogen) atoms. The number of aryl methyl sites for hydroxylation is 1. The molecule has 0 aliphatic carbocycles. The molecule has 1 saturated heterocycles. The first-order valence-corrected chi connectivity index (χ1v) is 9.77. The third-order valence-corrected chi connectivity index (χ3v) is 5.42.